The molecule has 1 aliphatic rings. The van der Waals surface area contributed by atoms with Gasteiger partial charge in [0.15, 0.2) is 0 Å². The third-order valence-corrected chi connectivity index (χ3v) is 3.62. The van der Waals surface area contributed by atoms with Crippen molar-refractivity contribution in [2.45, 2.75) is 37.1 Å². The smallest absolute Gasteiger partial charge is 0.314 e. The Morgan fingerprint density at radius 3 is 2.31 bits per heavy atom. The molecule has 3 nitrogen and oxygen atoms in total. The maximum atomic E-state index is 11.5. The van der Waals surface area contributed by atoms with Crippen LogP contribution in [0.2, 0.25) is 0 Å². The van der Waals surface area contributed by atoms with E-state index in [1.165, 1.54) is 0 Å². The molecule has 2 rings (SSSR count). The van der Waals surface area contributed by atoms with Crippen LogP contribution in [-0.4, -0.2) is 17.1 Å². The Labute approximate surface area is 95.3 Å². The van der Waals surface area contributed by atoms with Crippen molar-refractivity contribution in [1.29, 1.82) is 0 Å². The molecule has 0 atom stereocenters. The summed E-state index contributed by atoms with van der Waals surface area (Å²) in [7, 11) is 0. The van der Waals surface area contributed by atoms with Gasteiger partial charge < -0.3 is 10.8 Å². The van der Waals surface area contributed by atoms with Crippen LogP contribution in [0.3, 0.4) is 0 Å². The molecule has 0 radical (unpaired) electrons. The van der Waals surface area contributed by atoms with Gasteiger partial charge in [0.05, 0.1) is 5.41 Å². The Kier molecular flexibility index (Phi) is 2.97. The van der Waals surface area contributed by atoms with E-state index in [1.807, 2.05) is 30.3 Å². The highest BCUT2D eigenvalue weighted by Gasteiger charge is 2.42. The number of carbonyl (C=O) groups is 1. The minimum absolute atomic E-state index is 0.163. The van der Waals surface area contributed by atoms with Crippen molar-refractivity contribution >= 4 is 5.97 Å². The number of hydrogen-bond donors (Lipinski definition) is 2. The molecule has 0 amide bonds. The molecule has 0 aliphatic heterocycles. The van der Waals surface area contributed by atoms with Crippen LogP contribution in [-0.2, 0) is 10.2 Å². The van der Waals surface area contributed by atoms with Gasteiger partial charge in [-0.2, -0.15) is 0 Å². The fraction of sp³-hybridized carbons (Fsp3) is 0.462. The summed E-state index contributed by atoms with van der Waals surface area (Å²) < 4.78 is 0. The van der Waals surface area contributed by atoms with Crippen molar-refractivity contribution < 1.29 is 9.90 Å². The second-order valence-electron chi connectivity index (χ2n) is 4.59. The summed E-state index contributed by atoms with van der Waals surface area (Å²) in [6.45, 7) is 0. The summed E-state index contributed by atoms with van der Waals surface area (Å²) in [6.07, 6.45) is 2.88. The van der Waals surface area contributed by atoms with E-state index < -0.39 is 11.4 Å². The van der Waals surface area contributed by atoms with Crippen molar-refractivity contribution in [1.82, 2.24) is 0 Å². The first kappa shape index (κ1) is 11.1. The Balaban J connectivity index is 2.34. The average molecular weight is 219 g/mol. The minimum atomic E-state index is -0.717. The normalized spacial score (nSPS) is 29.9. The Morgan fingerprint density at radius 1 is 1.25 bits per heavy atom. The standard InChI is InChI=1S/C13H17NO2/c14-11-6-8-13(9-7-11,12(15)16)10-4-2-1-3-5-10/h1-5,11H,6-9,14H2,(H,15,16). The second-order valence-corrected chi connectivity index (χ2v) is 4.59. The van der Waals surface area contributed by atoms with Crippen LogP contribution in [0.4, 0.5) is 0 Å². The molecule has 3 N–H and O–H groups in total. The maximum absolute atomic E-state index is 11.5. The van der Waals surface area contributed by atoms with Crippen molar-refractivity contribution in [3.05, 3.63) is 35.9 Å². The molecule has 0 bridgehead atoms. The third kappa shape index (κ3) is 1.83. The van der Waals surface area contributed by atoms with E-state index >= 15 is 0 Å². The van der Waals surface area contributed by atoms with Crippen LogP contribution in [0.15, 0.2) is 30.3 Å². The van der Waals surface area contributed by atoms with Gasteiger partial charge in [-0.05, 0) is 31.2 Å². The molecule has 1 fully saturated rings. The molecular weight excluding hydrogens is 202 g/mol. The van der Waals surface area contributed by atoms with Gasteiger partial charge in [0.25, 0.3) is 0 Å². The number of hydrogen-bond acceptors (Lipinski definition) is 2. The highest BCUT2D eigenvalue weighted by atomic mass is 16.4. The Bertz CT molecular complexity index is 367. The van der Waals surface area contributed by atoms with Gasteiger partial charge in [-0.3, -0.25) is 4.79 Å². The van der Waals surface area contributed by atoms with Crippen LogP contribution >= 0.6 is 0 Å². The van der Waals surface area contributed by atoms with Gasteiger partial charge in [0.2, 0.25) is 0 Å². The lowest BCUT2D eigenvalue weighted by Crippen LogP contribution is -2.42. The Hall–Kier alpha value is -1.35. The molecule has 0 unspecified atom stereocenters. The largest absolute Gasteiger partial charge is 0.481 e. The van der Waals surface area contributed by atoms with Crippen LogP contribution in [0.25, 0.3) is 0 Å². The van der Waals surface area contributed by atoms with Crippen molar-refractivity contribution in [2.24, 2.45) is 5.73 Å². The third-order valence-electron chi connectivity index (χ3n) is 3.62. The first-order chi connectivity index (χ1) is 7.65. The monoisotopic (exact) mass is 219 g/mol. The highest BCUT2D eigenvalue weighted by molar-refractivity contribution is 5.81. The zero-order valence-electron chi connectivity index (χ0n) is 9.23. The van der Waals surface area contributed by atoms with E-state index in [0.717, 1.165) is 18.4 Å². The van der Waals surface area contributed by atoms with Gasteiger partial charge >= 0.3 is 5.97 Å². The molecule has 1 aromatic carbocycles. The van der Waals surface area contributed by atoms with Crippen LogP contribution in [0.5, 0.6) is 0 Å². The number of nitrogens with two attached hydrogens (primary N) is 1. The number of carboxylic acids is 1. The average Bonchev–Trinajstić information content (AvgIpc) is 2.31. The van der Waals surface area contributed by atoms with Crippen molar-refractivity contribution in [3.8, 4) is 0 Å². The quantitative estimate of drug-likeness (QED) is 0.798. The van der Waals surface area contributed by atoms with Crippen LogP contribution < -0.4 is 5.73 Å². The SMILES string of the molecule is NC1CCC(C(=O)O)(c2ccccc2)CC1. The number of carboxylic acid groups (broad SMARTS) is 1. The number of aliphatic carboxylic acids is 1. The molecule has 86 valence electrons. The van der Waals surface area contributed by atoms with Gasteiger partial charge in [0, 0.05) is 6.04 Å². The van der Waals surface area contributed by atoms with Crippen molar-refractivity contribution in [2.75, 3.05) is 0 Å². The lowest BCUT2D eigenvalue weighted by Gasteiger charge is -2.36. The molecule has 1 aromatic rings. The lowest BCUT2D eigenvalue weighted by atomic mass is 9.68. The summed E-state index contributed by atoms with van der Waals surface area (Å²) in [6, 6.07) is 9.68. The van der Waals surface area contributed by atoms with E-state index in [1.54, 1.807) is 0 Å². The zero-order valence-corrected chi connectivity index (χ0v) is 9.23. The van der Waals surface area contributed by atoms with Gasteiger partial charge in [0.1, 0.15) is 0 Å². The molecule has 0 heterocycles. The fourth-order valence-corrected chi connectivity index (χ4v) is 2.52. The molecule has 1 saturated carbocycles. The van der Waals surface area contributed by atoms with Gasteiger partial charge in [-0.15, -0.1) is 0 Å². The van der Waals surface area contributed by atoms with E-state index in [4.69, 9.17) is 5.73 Å². The lowest BCUT2D eigenvalue weighted by molar-refractivity contribution is -0.145. The Morgan fingerprint density at radius 2 is 1.81 bits per heavy atom. The second kappa shape index (κ2) is 4.26. The minimum Gasteiger partial charge on any atom is -0.481 e. The predicted octanol–water partition coefficient (Wildman–Crippen LogP) is 1.91. The molecule has 0 spiro atoms. The molecule has 0 saturated heterocycles. The topological polar surface area (TPSA) is 63.3 Å². The van der Waals surface area contributed by atoms with Crippen LogP contribution in [0, 0.1) is 0 Å². The number of rotatable bonds is 2. The predicted molar refractivity (Wildman–Crippen MR) is 62.2 cm³/mol. The summed E-state index contributed by atoms with van der Waals surface area (Å²) in [5.41, 5.74) is 6.04. The first-order valence-corrected chi connectivity index (χ1v) is 5.70. The summed E-state index contributed by atoms with van der Waals surface area (Å²) in [4.78, 5) is 11.5. The summed E-state index contributed by atoms with van der Waals surface area (Å²) >= 11 is 0. The molecule has 1 aliphatic carbocycles. The first-order valence-electron chi connectivity index (χ1n) is 5.70. The molecule has 0 aromatic heterocycles. The van der Waals surface area contributed by atoms with E-state index in [9.17, 15) is 9.90 Å². The van der Waals surface area contributed by atoms with E-state index in [-0.39, 0.29) is 6.04 Å². The number of benzene rings is 1. The summed E-state index contributed by atoms with van der Waals surface area (Å²) in [5, 5.41) is 9.49. The zero-order chi connectivity index (χ0) is 11.6. The van der Waals surface area contributed by atoms with E-state index in [0.29, 0.717) is 12.8 Å². The fourth-order valence-electron chi connectivity index (χ4n) is 2.52. The molecule has 3 heteroatoms. The van der Waals surface area contributed by atoms with E-state index in [2.05, 4.69) is 0 Å². The van der Waals surface area contributed by atoms with Crippen LogP contribution in [0.1, 0.15) is 31.2 Å². The van der Waals surface area contributed by atoms with Gasteiger partial charge in [-0.25, -0.2) is 0 Å². The molecular formula is C13H17NO2. The molecule has 16 heavy (non-hydrogen) atoms. The summed E-state index contributed by atoms with van der Waals surface area (Å²) in [5.74, 6) is -0.717. The highest BCUT2D eigenvalue weighted by Crippen LogP contribution is 2.39. The van der Waals surface area contributed by atoms with Gasteiger partial charge in [-0.1, -0.05) is 30.3 Å². The maximum Gasteiger partial charge on any atom is 0.314 e. The van der Waals surface area contributed by atoms with Crippen molar-refractivity contribution in [3.63, 3.8) is 0 Å².